The van der Waals surface area contributed by atoms with Gasteiger partial charge in [0.05, 0.1) is 5.02 Å². The van der Waals surface area contributed by atoms with E-state index in [0.29, 0.717) is 28.0 Å². The summed E-state index contributed by atoms with van der Waals surface area (Å²) in [4.78, 5) is 17.3. The van der Waals surface area contributed by atoms with Crippen molar-refractivity contribution < 1.29 is 13.6 Å². The van der Waals surface area contributed by atoms with Crippen LogP contribution in [0.5, 0.6) is 0 Å². The third-order valence-electron chi connectivity index (χ3n) is 3.35. The van der Waals surface area contributed by atoms with Crippen LogP contribution in [0.4, 0.5) is 14.5 Å². The second-order valence-electron chi connectivity index (χ2n) is 4.69. The summed E-state index contributed by atoms with van der Waals surface area (Å²) in [5.74, 6) is -1.47. The lowest BCUT2D eigenvalue weighted by Gasteiger charge is -2.09. The zero-order valence-electron chi connectivity index (χ0n) is 11.2. The second-order valence-corrected chi connectivity index (χ2v) is 5.09. The Morgan fingerprint density at radius 1 is 1.32 bits per heavy atom. The number of aromatic amines is 1. The van der Waals surface area contributed by atoms with E-state index in [2.05, 4.69) is 15.3 Å². The van der Waals surface area contributed by atoms with Crippen LogP contribution in [-0.2, 0) is 11.2 Å². The van der Waals surface area contributed by atoms with Gasteiger partial charge in [0.15, 0.2) is 0 Å². The molecule has 0 saturated carbocycles. The van der Waals surface area contributed by atoms with E-state index < -0.39 is 11.6 Å². The topological polar surface area (TPSA) is 57.8 Å². The molecule has 0 aliphatic carbocycles. The Kier molecular flexibility index (Phi) is 3.77. The first-order valence-corrected chi connectivity index (χ1v) is 6.76. The van der Waals surface area contributed by atoms with Crippen LogP contribution in [0.3, 0.4) is 0 Å². The molecule has 0 aliphatic heterocycles. The maximum atomic E-state index is 14.1. The van der Waals surface area contributed by atoms with Crippen LogP contribution >= 0.6 is 11.6 Å². The Hall–Kier alpha value is -2.47. The van der Waals surface area contributed by atoms with Gasteiger partial charge in [-0.2, -0.15) is 0 Å². The van der Waals surface area contributed by atoms with Gasteiger partial charge in [-0.3, -0.25) is 4.79 Å². The molecule has 22 heavy (non-hydrogen) atoms. The summed E-state index contributed by atoms with van der Waals surface area (Å²) in [6.45, 7) is 0. The first-order valence-electron chi connectivity index (χ1n) is 6.38. The van der Waals surface area contributed by atoms with Gasteiger partial charge in [0.2, 0.25) is 6.41 Å². The molecule has 2 heterocycles. The number of hydrogen-bond donors (Lipinski definition) is 2. The molecule has 0 atom stereocenters. The molecule has 0 aliphatic rings. The van der Waals surface area contributed by atoms with Crippen LogP contribution in [0.25, 0.3) is 11.0 Å². The number of rotatable bonds is 4. The highest BCUT2D eigenvalue weighted by molar-refractivity contribution is 6.35. The lowest BCUT2D eigenvalue weighted by Crippen LogP contribution is -2.02. The first kappa shape index (κ1) is 14.5. The molecule has 3 aromatic rings. The van der Waals surface area contributed by atoms with Crippen LogP contribution in [0.1, 0.15) is 11.1 Å². The predicted molar refractivity (Wildman–Crippen MR) is 80.0 cm³/mol. The van der Waals surface area contributed by atoms with Crippen molar-refractivity contribution in [3.05, 3.63) is 58.4 Å². The maximum absolute atomic E-state index is 14.1. The highest BCUT2D eigenvalue weighted by atomic mass is 35.5. The van der Waals surface area contributed by atoms with Crippen LogP contribution in [-0.4, -0.2) is 16.4 Å². The predicted octanol–water partition coefficient (Wildman–Crippen LogP) is 3.65. The third kappa shape index (κ3) is 2.53. The lowest BCUT2D eigenvalue weighted by molar-refractivity contribution is -0.105. The molecule has 1 amide bonds. The standard InChI is InChI=1S/C15H10ClF2N3O/c16-11-6-20-15-14(11)8(1-2-19-15)3-10-12(17)4-9(21-7-22)5-13(10)18/h1-2,4-7H,3H2,(H,19,20)(H,21,22). The molecule has 2 aromatic heterocycles. The highest BCUT2D eigenvalue weighted by Gasteiger charge is 2.15. The van der Waals surface area contributed by atoms with Crippen molar-refractivity contribution in [3.8, 4) is 0 Å². The molecule has 0 saturated heterocycles. The Morgan fingerprint density at radius 2 is 2.05 bits per heavy atom. The minimum atomic E-state index is -0.735. The molecule has 3 rings (SSSR count). The van der Waals surface area contributed by atoms with Gasteiger partial charge >= 0.3 is 0 Å². The Bertz CT molecular complexity index is 840. The van der Waals surface area contributed by atoms with Crippen molar-refractivity contribution in [2.45, 2.75) is 6.42 Å². The van der Waals surface area contributed by atoms with Crippen molar-refractivity contribution in [1.82, 2.24) is 9.97 Å². The number of fused-ring (bicyclic) bond motifs is 1. The molecule has 1 aromatic carbocycles. The molecular formula is C15H10ClF2N3O. The molecule has 0 spiro atoms. The third-order valence-corrected chi connectivity index (χ3v) is 3.64. The smallest absolute Gasteiger partial charge is 0.211 e. The van der Waals surface area contributed by atoms with Gasteiger partial charge in [-0.05, 0) is 23.8 Å². The zero-order valence-corrected chi connectivity index (χ0v) is 11.9. The highest BCUT2D eigenvalue weighted by Crippen LogP contribution is 2.29. The molecule has 0 fully saturated rings. The fraction of sp³-hybridized carbons (Fsp3) is 0.0667. The number of nitrogens with one attached hydrogen (secondary N) is 2. The summed E-state index contributed by atoms with van der Waals surface area (Å²) in [5, 5.41) is 3.30. The van der Waals surface area contributed by atoms with Crippen LogP contribution in [0.2, 0.25) is 5.02 Å². The van der Waals surface area contributed by atoms with Crippen molar-refractivity contribution >= 4 is 34.7 Å². The maximum Gasteiger partial charge on any atom is 0.211 e. The van der Waals surface area contributed by atoms with Crippen LogP contribution in [0.15, 0.2) is 30.6 Å². The number of hydrogen-bond acceptors (Lipinski definition) is 2. The number of benzene rings is 1. The van der Waals surface area contributed by atoms with Gasteiger partial charge in [0, 0.05) is 35.5 Å². The number of nitrogens with zero attached hydrogens (tertiary/aromatic N) is 1. The summed E-state index contributed by atoms with van der Waals surface area (Å²) in [5.41, 5.74) is 1.18. The Morgan fingerprint density at radius 3 is 2.73 bits per heavy atom. The number of aromatic nitrogens is 2. The average Bonchev–Trinajstić information content (AvgIpc) is 2.86. The summed E-state index contributed by atoms with van der Waals surface area (Å²) >= 11 is 6.08. The number of carbonyl (C=O) groups is 1. The summed E-state index contributed by atoms with van der Waals surface area (Å²) in [6, 6.07) is 3.81. The minimum absolute atomic E-state index is 0.0234. The largest absolute Gasteiger partial charge is 0.345 e. The SMILES string of the molecule is O=CNc1cc(F)c(Cc2ccnc3[nH]cc(Cl)c23)c(F)c1. The van der Waals surface area contributed by atoms with Gasteiger partial charge in [0.1, 0.15) is 17.3 Å². The number of H-pyrrole nitrogens is 1. The number of carbonyl (C=O) groups excluding carboxylic acids is 1. The van der Waals surface area contributed by atoms with Gasteiger partial charge in [-0.25, -0.2) is 13.8 Å². The van der Waals surface area contributed by atoms with Crippen molar-refractivity contribution in [2.75, 3.05) is 5.32 Å². The van der Waals surface area contributed by atoms with E-state index in [1.54, 1.807) is 18.5 Å². The Balaban J connectivity index is 2.05. The second kappa shape index (κ2) is 5.73. The van der Waals surface area contributed by atoms with Crippen LogP contribution < -0.4 is 5.32 Å². The molecular weight excluding hydrogens is 312 g/mol. The number of anilines is 1. The van der Waals surface area contributed by atoms with E-state index in [4.69, 9.17) is 11.6 Å². The van der Waals surface area contributed by atoms with Gasteiger partial charge < -0.3 is 10.3 Å². The minimum Gasteiger partial charge on any atom is -0.345 e. The molecule has 0 unspecified atom stereocenters. The summed E-state index contributed by atoms with van der Waals surface area (Å²) < 4.78 is 28.2. The molecule has 4 nitrogen and oxygen atoms in total. The number of halogens is 3. The first-order chi connectivity index (χ1) is 10.6. The fourth-order valence-electron chi connectivity index (χ4n) is 2.34. The van der Waals surface area contributed by atoms with E-state index >= 15 is 0 Å². The van der Waals surface area contributed by atoms with Crippen molar-refractivity contribution in [3.63, 3.8) is 0 Å². The van der Waals surface area contributed by atoms with Gasteiger partial charge in [-0.15, -0.1) is 0 Å². The van der Waals surface area contributed by atoms with E-state index in [0.717, 1.165) is 12.1 Å². The number of amides is 1. The van der Waals surface area contributed by atoms with E-state index in [1.807, 2.05) is 0 Å². The fourth-order valence-corrected chi connectivity index (χ4v) is 2.61. The van der Waals surface area contributed by atoms with Gasteiger partial charge in [-0.1, -0.05) is 11.6 Å². The van der Waals surface area contributed by atoms with Crippen molar-refractivity contribution in [2.24, 2.45) is 0 Å². The van der Waals surface area contributed by atoms with E-state index in [1.165, 1.54) is 0 Å². The molecule has 0 radical (unpaired) electrons. The van der Waals surface area contributed by atoms with E-state index in [9.17, 15) is 13.6 Å². The van der Waals surface area contributed by atoms with E-state index in [-0.39, 0.29) is 17.7 Å². The summed E-state index contributed by atoms with van der Waals surface area (Å²) in [6.07, 6.45) is 3.50. The Labute approximate surface area is 129 Å². The molecule has 2 N–H and O–H groups in total. The van der Waals surface area contributed by atoms with Crippen molar-refractivity contribution in [1.29, 1.82) is 0 Å². The zero-order chi connectivity index (χ0) is 15.7. The number of pyridine rings is 1. The quantitative estimate of drug-likeness (QED) is 0.721. The van der Waals surface area contributed by atoms with Gasteiger partial charge in [0.25, 0.3) is 0 Å². The molecule has 7 heteroatoms. The lowest BCUT2D eigenvalue weighted by atomic mass is 10.0. The normalized spacial score (nSPS) is 10.9. The summed E-state index contributed by atoms with van der Waals surface area (Å²) in [7, 11) is 0. The monoisotopic (exact) mass is 321 g/mol. The average molecular weight is 322 g/mol. The molecule has 112 valence electrons. The molecule has 0 bridgehead atoms. The van der Waals surface area contributed by atoms with Crippen LogP contribution in [0, 0.1) is 11.6 Å².